The van der Waals surface area contributed by atoms with E-state index in [1.54, 1.807) is 23.5 Å². The minimum atomic E-state index is -3.19. The SMILES string of the molecule is C=C(C1CC1)N1CCC(Oc2nc3ccc(-c4ccc(S(C)(=O)=O)cc4)cc3s2)CC1. The van der Waals surface area contributed by atoms with E-state index < -0.39 is 9.84 Å². The fraction of sp³-hybridized carbons (Fsp3) is 0.375. The van der Waals surface area contributed by atoms with Crippen LogP contribution in [0.1, 0.15) is 25.7 Å². The number of hydrogen-bond acceptors (Lipinski definition) is 6. The summed E-state index contributed by atoms with van der Waals surface area (Å²) in [5.74, 6) is 0.721. The maximum atomic E-state index is 11.7. The first-order chi connectivity index (χ1) is 14.9. The third kappa shape index (κ3) is 4.48. The number of benzene rings is 2. The topological polar surface area (TPSA) is 59.5 Å². The fourth-order valence-electron chi connectivity index (χ4n) is 4.11. The van der Waals surface area contributed by atoms with Crippen molar-refractivity contribution in [3.8, 4) is 16.3 Å². The molecule has 0 unspecified atom stereocenters. The Balaban J connectivity index is 1.27. The third-order valence-corrected chi connectivity index (χ3v) is 8.19. The highest BCUT2D eigenvalue weighted by Gasteiger charge is 2.30. The van der Waals surface area contributed by atoms with E-state index >= 15 is 0 Å². The second-order valence-corrected chi connectivity index (χ2v) is 11.5. The number of rotatable bonds is 6. The van der Waals surface area contributed by atoms with E-state index in [4.69, 9.17) is 4.74 Å². The van der Waals surface area contributed by atoms with Gasteiger partial charge in [-0.1, -0.05) is 36.1 Å². The Hall–Kier alpha value is -2.38. The second-order valence-electron chi connectivity index (χ2n) is 8.53. The summed E-state index contributed by atoms with van der Waals surface area (Å²) in [5, 5.41) is 0.721. The number of ether oxygens (including phenoxy) is 1. The van der Waals surface area contributed by atoms with E-state index in [0.29, 0.717) is 4.90 Å². The first-order valence-corrected chi connectivity index (χ1v) is 13.4. The number of nitrogens with zero attached hydrogens (tertiary/aromatic N) is 2. The van der Waals surface area contributed by atoms with Crippen LogP contribution in [-0.4, -0.2) is 43.8 Å². The van der Waals surface area contributed by atoms with E-state index in [9.17, 15) is 8.42 Å². The van der Waals surface area contributed by atoms with Crippen LogP contribution >= 0.6 is 11.3 Å². The van der Waals surface area contributed by atoms with Crippen molar-refractivity contribution in [1.29, 1.82) is 0 Å². The molecular formula is C24H26N2O3S2. The van der Waals surface area contributed by atoms with E-state index in [0.717, 1.165) is 58.4 Å². The lowest BCUT2D eigenvalue weighted by Gasteiger charge is -2.34. The summed E-state index contributed by atoms with van der Waals surface area (Å²) >= 11 is 1.57. The lowest BCUT2D eigenvalue weighted by atomic mass is 10.1. The lowest BCUT2D eigenvalue weighted by molar-refractivity contribution is 0.115. The molecule has 0 spiro atoms. The highest BCUT2D eigenvalue weighted by molar-refractivity contribution is 7.90. The Kier molecular flexibility index (Phi) is 5.26. The van der Waals surface area contributed by atoms with Crippen LogP contribution in [0.25, 0.3) is 21.3 Å². The zero-order valence-corrected chi connectivity index (χ0v) is 19.2. The van der Waals surface area contributed by atoms with Crippen molar-refractivity contribution in [2.24, 2.45) is 5.92 Å². The fourth-order valence-corrected chi connectivity index (χ4v) is 5.66. The van der Waals surface area contributed by atoms with Crippen LogP contribution in [0.4, 0.5) is 0 Å². The van der Waals surface area contributed by atoms with Gasteiger partial charge >= 0.3 is 0 Å². The van der Waals surface area contributed by atoms with Crippen LogP contribution in [-0.2, 0) is 9.84 Å². The van der Waals surface area contributed by atoms with Crippen LogP contribution in [0.5, 0.6) is 5.19 Å². The number of allylic oxidation sites excluding steroid dienone is 1. The summed E-state index contributed by atoms with van der Waals surface area (Å²) < 4.78 is 30.7. The number of fused-ring (bicyclic) bond motifs is 1. The molecule has 2 aliphatic rings. The van der Waals surface area contributed by atoms with Crippen molar-refractivity contribution in [2.45, 2.75) is 36.7 Å². The number of piperidine rings is 1. The Bertz CT molecular complexity index is 1220. The van der Waals surface area contributed by atoms with Crippen LogP contribution in [0, 0.1) is 5.92 Å². The average molecular weight is 455 g/mol. The summed E-state index contributed by atoms with van der Waals surface area (Å²) in [4.78, 5) is 7.43. The molecule has 0 radical (unpaired) electrons. The van der Waals surface area contributed by atoms with E-state index in [-0.39, 0.29) is 6.10 Å². The predicted octanol–water partition coefficient (Wildman–Crippen LogP) is 5.13. The Morgan fingerprint density at radius 3 is 2.39 bits per heavy atom. The van der Waals surface area contributed by atoms with Crippen molar-refractivity contribution in [1.82, 2.24) is 9.88 Å². The minimum Gasteiger partial charge on any atom is -0.467 e. The molecule has 0 bridgehead atoms. The molecule has 5 nitrogen and oxygen atoms in total. The largest absolute Gasteiger partial charge is 0.467 e. The van der Waals surface area contributed by atoms with Gasteiger partial charge in [-0.3, -0.25) is 0 Å². The molecule has 2 heterocycles. The van der Waals surface area contributed by atoms with Gasteiger partial charge in [0.25, 0.3) is 5.19 Å². The van der Waals surface area contributed by atoms with Crippen LogP contribution in [0.15, 0.2) is 59.6 Å². The molecule has 2 aromatic carbocycles. The van der Waals surface area contributed by atoms with Gasteiger partial charge in [0.05, 0.1) is 15.1 Å². The van der Waals surface area contributed by atoms with Gasteiger partial charge in [0.15, 0.2) is 9.84 Å². The first-order valence-electron chi connectivity index (χ1n) is 10.7. The lowest BCUT2D eigenvalue weighted by Crippen LogP contribution is -2.37. The van der Waals surface area contributed by atoms with Gasteiger partial charge in [0, 0.05) is 37.9 Å². The van der Waals surface area contributed by atoms with Gasteiger partial charge in [-0.15, -0.1) is 0 Å². The van der Waals surface area contributed by atoms with Crippen LogP contribution < -0.4 is 4.74 Å². The van der Waals surface area contributed by atoms with Gasteiger partial charge < -0.3 is 9.64 Å². The van der Waals surface area contributed by atoms with Crippen molar-refractivity contribution >= 4 is 31.4 Å². The van der Waals surface area contributed by atoms with Gasteiger partial charge in [0.1, 0.15) is 6.10 Å². The second kappa shape index (κ2) is 7.95. The molecule has 7 heteroatoms. The number of aromatic nitrogens is 1. The highest BCUT2D eigenvalue weighted by atomic mass is 32.2. The van der Waals surface area contributed by atoms with Crippen LogP contribution in [0.2, 0.25) is 0 Å². The normalized spacial score (nSPS) is 17.8. The molecule has 0 atom stereocenters. The third-order valence-electron chi connectivity index (χ3n) is 6.15. The molecule has 1 saturated carbocycles. The maximum absolute atomic E-state index is 11.7. The zero-order valence-electron chi connectivity index (χ0n) is 17.6. The molecule has 2 fully saturated rings. The molecule has 162 valence electrons. The summed E-state index contributed by atoms with van der Waals surface area (Å²) in [6, 6.07) is 13.1. The van der Waals surface area contributed by atoms with Gasteiger partial charge in [-0.2, -0.15) is 0 Å². The Morgan fingerprint density at radius 2 is 1.74 bits per heavy atom. The van der Waals surface area contributed by atoms with Gasteiger partial charge in [-0.25, -0.2) is 13.4 Å². The number of hydrogen-bond donors (Lipinski definition) is 0. The molecule has 5 rings (SSSR count). The van der Waals surface area contributed by atoms with Crippen molar-refractivity contribution < 1.29 is 13.2 Å². The highest BCUT2D eigenvalue weighted by Crippen LogP contribution is 2.38. The molecule has 3 aromatic rings. The molecule has 1 aromatic heterocycles. The maximum Gasteiger partial charge on any atom is 0.274 e. The first kappa shape index (κ1) is 20.5. The van der Waals surface area contributed by atoms with E-state index in [1.807, 2.05) is 24.3 Å². The molecule has 0 amide bonds. The average Bonchev–Trinajstić information content (AvgIpc) is 3.53. The number of thiazole rings is 1. The van der Waals surface area contributed by atoms with Crippen molar-refractivity contribution in [3.63, 3.8) is 0 Å². The number of sulfone groups is 1. The van der Waals surface area contributed by atoms with Crippen LogP contribution in [0.3, 0.4) is 0 Å². The quantitative estimate of drug-likeness (QED) is 0.517. The molecule has 31 heavy (non-hydrogen) atoms. The Labute approximate surface area is 187 Å². The standard InChI is InChI=1S/C24H26N2O3S2/c1-16(17-3-4-17)26-13-11-20(12-14-26)29-24-25-22-10-7-19(15-23(22)30-24)18-5-8-21(9-6-18)31(2,27)28/h5-10,15,17,20H,1,3-4,11-14H2,2H3. The number of likely N-dealkylation sites (tertiary alicyclic amines) is 1. The Morgan fingerprint density at radius 1 is 1.06 bits per heavy atom. The van der Waals surface area contributed by atoms with Gasteiger partial charge in [0.2, 0.25) is 0 Å². The molecule has 1 saturated heterocycles. The van der Waals surface area contributed by atoms with E-state index in [2.05, 4.69) is 22.5 Å². The van der Waals surface area contributed by atoms with Gasteiger partial charge in [-0.05, 0) is 54.2 Å². The summed E-state index contributed by atoms with van der Waals surface area (Å²) in [5.41, 5.74) is 4.26. The summed E-state index contributed by atoms with van der Waals surface area (Å²) in [7, 11) is -3.19. The van der Waals surface area contributed by atoms with Crippen molar-refractivity contribution in [3.05, 3.63) is 54.7 Å². The van der Waals surface area contributed by atoms with E-state index in [1.165, 1.54) is 24.8 Å². The zero-order chi connectivity index (χ0) is 21.6. The molecular weight excluding hydrogens is 428 g/mol. The summed E-state index contributed by atoms with van der Waals surface area (Å²) in [6.07, 6.45) is 6.02. The molecule has 1 aliphatic carbocycles. The summed E-state index contributed by atoms with van der Waals surface area (Å²) in [6.45, 7) is 6.30. The molecule has 0 N–H and O–H groups in total. The smallest absolute Gasteiger partial charge is 0.274 e. The monoisotopic (exact) mass is 454 g/mol. The van der Waals surface area contributed by atoms with Crippen molar-refractivity contribution in [2.75, 3.05) is 19.3 Å². The predicted molar refractivity (Wildman–Crippen MR) is 125 cm³/mol. The minimum absolute atomic E-state index is 0.201. The molecule has 1 aliphatic heterocycles.